The maximum absolute atomic E-state index is 11.8. The first-order valence-electron chi connectivity index (χ1n) is 7.96. The molecule has 25 heavy (non-hydrogen) atoms. The van der Waals surface area contributed by atoms with Gasteiger partial charge in [0.2, 0.25) is 15.9 Å². The van der Waals surface area contributed by atoms with Crippen molar-refractivity contribution in [1.29, 1.82) is 0 Å². The molecule has 0 atom stereocenters. The molecule has 1 aliphatic rings. The fourth-order valence-electron chi connectivity index (χ4n) is 2.73. The number of nitrogens with one attached hydrogen (secondary N) is 1. The standard InChI is InChI=1S/C15H22N4O5S/c1-10(2)15(20)17-11-5-7-18(8-6-11)13-4-3-12(25(16,23)24)9-14(13)19(21)22/h3-4,9-11H,5-8H2,1-2H3,(H,17,20)(H2,16,23,24). The Labute approximate surface area is 146 Å². The van der Waals surface area contributed by atoms with Crippen LogP contribution in [-0.4, -0.2) is 38.4 Å². The van der Waals surface area contributed by atoms with E-state index in [4.69, 9.17) is 5.14 Å². The summed E-state index contributed by atoms with van der Waals surface area (Å²) in [7, 11) is -4.01. The highest BCUT2D eigenvalue weighted by Gasteiger charge is 2.27. The average Bonchev–Trinajstić information content (AvgIpc) is 2.54. The molecular formula is C15H22N4O5S. The van der Waals surface area contributed by atoms with E-state index in [-0.39, 0.29) is 28.4 Å². The molecule has 1 amide bonds. The number of carbonyl (C=O) groups is 1. The maximum atomic E-state index is 11.8. The minimum Gasteiger partial charge on any atom is -0.366 e. The number of piperidine rings is 1. The summed E-state index contributed by atoms with van der Waals surface area (Å²) in [6.45, 7) is 4.69. The molecule has 0 aromatic heterocycles. The lowest BCUT2D eigenvalue weighted by Gasteiger charge is -2.34. The third-order valence-electron chi connectivity index (χ3n) is 4.18. The number of rotatable bonds is 5. The molecule has 1 aromatic rings. The molecule has 1 saturated heterocycles. The van der Waals surface area contributed by atoms with Crippen LogP contribution in [0, 0.1) is 16.0 Å². The molecule has 0 saturated carbocycles. The normalized spacial score (nSPS) is 16.1. The summed E-state index contributed by atoms with van der Waals surface area (Å²) in [6.07, 6.45) is 1.32. The number of nitro benzene ring substituents is 1. The molecule has 138 valence electrons. The van der Waals surface area contributed by atoms with Crippen LogP contribution in [0.15, 0.2) is 23.1 Å². The lowest BCUT2D eigenvalue weighted by molar-refractivity contribution is -0.384. The summed E-state index contributed by atoms with van der Waals surface area (Å²) in [5.74, 6) is -0.105. The number of nitro groups is 1. The lowest BCUT2D eigenvalue weighted by Crippen LogP contribution is -2.45. The third kappa shape index (κ3) is 4.67. The summed E-state index contributed by atoms with van der Waals surface area (Å²) in [5.41, 5.74) is 0.0576. The molecule has 0 unspecified atom stereocenters. The maximum Gasteiger partial charge on any atom is 0.293 e. The number of nitrogens with two attached hydrogens (primary N) is 1. The van der Waals surface area contributed by atoms with Crippen LogP contribution in [0.5, 0.6) is 0 Å². The van der Waals surface area contributed by atoms with E-state index >= 15 is 0 Å². The van der Waals surface area contributed by atoms with Gasteiger partial charge in [0, 0.05) is 31.1 Å². The molecule has 0 radical (unpaired) electrons. The minimum absolute atomic E-state index is 0.0121. The van der Waals surface area contributed by atoms with Crippen molar-refractivity contribution in [2.75, 3.05) is 18.0 Å². The van der Waals surface area contributed by atoms with Gasteiger partial charge in [-0.05, 0) is 25.0 Å². The molecule has 1 aromatic carbocycles. The van der Waals surface area contributed by atoms with E-state index in [1.165, 1.54) is 12.1 Å². The Morgan fingerprint density at radius 2 is 1.96 bits per heavy atom. The van der Waals surface area contributed by atoms with Crippen LogP contribution in [-0.2, 0) is 14.8 Å². The van der Waals surface area contributed by atoms with E-state index in [2.05, 4.69) is 5.32 Å². The van der Waals surface area contributed by atoms with Gasteiger partial charge in [0.05, 0.1) is 9.82 Å². The fourth-order valence-corrected chi connectivity index (χ4v) is 3.26. The van der Waals surface area contributed by atoms with E-state index in [0.29, 0.717) is 31.6 Å². The average molecular weight is 370 g/mol. The van der Waals surface area contributed by atoms with E-state index in [1.54, 1.807) is 0 Å². The Bertz CT molecular complexity index is 770. The zero-order valence-corrected chi connectivity index (χ0v) is 15.0. The number of hydrogen-bond acceptors (Lipinski definition) is 6. The number of anilines is 1. The fraction of sp³-hybridized carbons (Fsp3) is 0.533. The second-order valence-electron chi connectivity index (χ2n) is 6.38. The minimum atomic E-state index is -4.01. The van der Waals surface area contributed by atoms with Gasteiger partial charge < -0.3 is 10.2 Å². The van der Waals surface area contributed by atoms with Gasteiger partial charge in [-0.15, -0.1) is 0 Å². The molecular weight excluding hydrogens is 348 g/mol. The van der Waals surface area contributed by atoms with E-state index in [1.807, 2.05) is 18.7 Å². The van der Waals surface area contributed by atoms with E-state index in [0.717, 1.165) is 6.07 Å². The molecule has 2 rings (SSSR count). The van der Waals surface area contributed by atoms with Crippen LogP contribution in [0.25, 0.3) is 0 Å². The zero-order valence-electron chi connectivity index (χ0n) is 14.1. The van der Waals surface area contributed by atoms with Crippen molar-refractivity contribution < 1.29 is 18.1 Å². The smallest absolute Gasteiger partial charge is 0.293 e. The number of carbonyl (C=O) groups excluding carboxylic acids is 1. The number of primary sulfonamides is 1. The van der Waals surface area contributed by atoms with Crippen molar-refractivity contribution in [3.05, 3.63) is 28.3 Å². The first-order valence-corrected chi connectivity index (χ1v) is 9.51. The number of amides is 1. The Hall–Kier alpha value is -2.20. The second-order valence-corrected chi connectivity index (χ2v) is 7.94. The van der Waals surface area contributed by atoms with Crippen LogP contribution in [0.4, 0.5) is 11.4 Å². The highest BCUT2D eigenvalue weighted by molar-refractivity contribution is 7.89. The monoisotopic (exact) mass is 370 g/mol. The highest BCUT2D eigenvalue weighted by atomic mass is 32.2. The van der Waals surface area contributed by atoms with Crippen LogP contribution in [0.3, 0.4) is 0 Å². The van der Waals surface area contributed by atoms with Gasteiger partial charge >= 0.3 is 0 Å². The van der Waals surface area contributed by atoms with Crippen molar-refractivity contribution in [2.24, 2.45) is 11.1 Å². The van der Waals surface area contributed by atoms with Crippen molar-refractivity contribution >= 4 is 27.3 Å². The van der Waals surface area contributed by atoms with Crippen LogP contribution in [0.1, 0.15) is 26.7 Å². The van der Waals surface area contributed by atoms with Crippen LogP contribution in [0.2, 0.25) is 0 Å². The molecule has 0 spiro atoms. The summed E-state index contributed by atoms with van der Waals surface area (Å²) in [4.78, 5) is 24.0. The Kier molecular flexibility index (Phi) is 5.63. The third-order valence-corrected chi connectivity index (χ3v) is 5.09. The Balaban J connectivity index is 2.15. The van der Waals surface area contributed by atoms with Gasteiger partial charge in [-0.1, -0.05) is 13.8 Å². The SMILES string of the molecule is CC(C)C(=O)NC1CCN(c2ccc(S(N)(=O)=O)cc2[N+](=O)[O-])CC1. The molecule has 0 bridgehead atoms. The molecule has 0 aliphatic carbocycles. The topological polar surface area (TPSA) is 136 Å². The highest BCUT2D eigenvalue weighted by Crippen LogP contribution is 2.32. The Morgan fingerprint density at radius 3 is 2.44 bits per heavy atom. The van der Waals surface area contributed by atoms with Gasteiger partial charge in [-0.25, -0.2) is 13.6 Å². The van der Waals surface area contributed by atoms with Crippen molar-refractivity contribution in [3.8, 4) is 0 Å². The zero-order chi connectivity index (χ0) is 18.8. The van der Waals surface area contributed by atoms with Crippen LogP contribution >= 0.6 is 0 Å². The van der Waals surface area contributed by atoms with Gasteiger partial charge in [0.25, 0.3) is 5.69 Å². The number of benzene rings is 1. The first kappa shape index (κ1) is 19.1. The van der Waals surface area contributed by atoms with Crippen molar-refractivity contribution in [3.63, 3.8) is 0 Å². The summed E-state index contributed by atoms with van der Waals surface area (Å²) in [6, 6.07) is 3.70. The number of sulfonamides is 1. The molecule has 1 fully saturated rings. The van der Waals surface area contributed by atoms with Crippen molar-refractivity contribution in [1.82, 2.24) is 5.32 Å². The van der Waals surface area contributed by atoms with Crippen molar-refractivity contribution in [2.45, 2.75) is 37.6 Å². The first-order chi connectivity index (χ1) is 11.6. The second kappa shape index (κ2) is 7.36. The molecule has 10 heteroatoms. The summed E-state index contributed by atoms with van der Waals surface area (Å²) in [5, 5.41) is 19.3. The predicted molar refractivity (Wildman–Crippen MR) is 92.7 cm³/mol. The molecule has 3 N–H and O–H groups in total. The Morgan fingerprint density at radius 1 is 1.36 bits per heavy atom. The van der Waals surface area contributed by atoms with E-state index in [9.17, 15) is 23.3 Å². The predicted octanol–water partition coefficient (Wildman–Crippen LogP) is 0.983. The van der Waals surface area contributed by atoms with Gasteiger partial charge in [0.15, 0.2) is 0 Å². The lowest BCUT2D eigenvalue weighted by atomic mass is 10.0. The molecule has 1 heterocycles. The largest absolute Gasteiger partial charge is 0.366 e. The van der Waals surface area contributed by atoms with Gasteiger partial charge in [0.1, 0.15) is 5.69 Å². The van der Waals surface area contributed by atoms with E-state index < -0.39 is 14.9 Å². The summed E-state index contributed by atoms with van der Waals surface area (Å²) < 4.78 is 22.8. The number of nitrogens with zero attached hydrogens (tertiary/aromatic N) is 2. The molecule has 9 nitrogen and oxygen atoms in total. The van der Waals surface area contributed by atoms with Crippen LogP contribution < -0.4 is 15.4 Å². The van der Waals surface area contributed by atoms with Gasteiger partial charge in [-0.3, -0.25) is 14.9 Å². The van der Waals surface area contributed by atoms with Gasteiger partial charge in [-0.2, -0.15) is 0 Å². The number of hydrogen-bond donors (Lipinski definition) is 2. The molecule has 1 aliphatic heterocycles. The summed E-state index contributed by atoms with van der Waals surface area (Å²) >= 11 is 0. The quantitative estimate of drug-likeness (QED) is 0.586.